The van der Waals surface area contributed by atoms with Crippen LogP contribution in [0, 0.1) is 13.8 Å². The van der Waals surface area contributed by atoms with Crippen LogP contribution in [-0.4, -0.2) is 28.8 Å². The van der Waals surface area contributed by atoms with Gasteiger partial charge in [0.2, 0.25) is 5.88 Å². The van der Waals surface area contributed by atoms with Crippen molar-refractivity contribution in [2.24, 2.45) is 0 Å². The summed E-state index contributed by atoms with van der Waals surface area (Å²) in [5.74, 6) is 0.383. The Bertz CT molecular complexity index is 1690. The first kappa shape index (κ1) is 26.4. The number of ether oxygens (including phenoxy) is 2. The number of anilines is 1. The van der Waals surface area contributed by atoms with Gasteiger partial charge in [-0.3, -0.25) is 9.59 Å². The van der Waals surface area contributed by atoms with E-state index in [1.54, 1.807) is 17.9 Å². The third-order valence-electron chi connectivity index (χ3n) is 6.51. The molecule has 1 heterocycles. The lowest BCUT2D eigenvalue weighted by atomic mass is 10.0. The van der Waals surface area contributed by atoms with Crippen LogP contribution in [0.1, 0.15) is 28.4 Å². The zero-order valence-corrected chi connectivity index (χ0v) is 22.8. The number of rotatable bonds is 7. The highest BCUT2D eigenvalue weighted by Gasteiger charge is 2.25. The van der Waals surface area contributed by atoms with Gasteiger partial charge in [-0.25, -0.2) is 0 Å². The van der Waals surface area contributed by atoms with Crippen LogP contribution >= 0.6 is 0 Å². The molecule has 0 fully saturated rings. The summed E-state index contributed by atoms with van der Waals surface area (Å²) in [4.78, 5) is 25.1. The van der Waals surface area contributed by atoms with Crippen molar-refractivity contribution in [3.63, 3.8) is 0 Å². The predicted molar refractivity (Wildman–Crippen MR) is 156 cm³/mol. The number of carbonyl (C=O) groups excluding carboxylic acids is 2. The maximum absolute atomic E-state index is 12.9. The number of carbonyl (C=O) groups is 2. The van der Waals surface area contributed by atoms with Gasteiger partial charge in [-0.05, 0) is 85.1 Å². The molecule has 7 nitrogen and oxygen atoms in total. The number of nitrogens with one attached hydrogen (secondary N) is 1. The number of methoxy groups -OCH3 is 1. The first-order chi connectivity index (χ1) is 19.3. The summed E-state index contributed by atoms with van der Waals surface area (Å²) in [6, 6.07) is 30.2. The number of hydrogen-bond donors (Lipinski definition) is 1. The number of esters is 1. The van der Waals surface area contributed by atoms with Crippen LogP contribution in [0.2, 0.25) is 0 Å². The fraction of sp³-hybridized carbons (Fsp3) is 0.121. The quantitative estimate of drug-likeness (QED) is 0.229. The number of aryl methyl sites for hydroxylation is 2. The highest BCUT2D eigenvalue weighted by atomic mass is 16.5. The van der Waals surface area contributed by atoms with E-state index in [1.807, 2.05) is 105 Å². The Morgan fingerprint density at radius 3 is 2.17 bits per heavy atom. The fourth-order valence-corrected chi connectivity index (χ4v) is 4.53. The van der Waals surface area contributed by atoms with Crippen LogP contribution in [0.15, 0.2) is 97.1 Å². The van der Waals surface area contributed by atoms with Gasteiger partial charge in [0.25, 0.3) is 5.91 Å². The molecule has 200 valence electrons. The Morgan fingerprint density at radius 1 is 0.825 bits per heavy atom. The van der Waals surface area contributed by atoms with Gasteiger partial charge in [-0.2, -0.15) is 9.78 Å². The molecule has 0 aliphatic carbocycles. The lowest BCUT2D eigenvalue weighted by Crippen LogP contribution is -2.13. The molecule has 0 aliphatic heterocycles. The van der Waals surface area contributed by atoms with E-state index >= 15 is 0 Å². The second kappa shape index (κ2) is 11.3. The summed E-state index contributed by atoms with van der Waals surface area (Å²) < 4.78 is 12.8. The van der Waals surface area contributed by atoms with Gasteiger partial charge < -0.3 is 14.8 Å². The SMILES string of the molecule is COc1ccc(-c2nn(-c3cccc(C)c3)c(OC(C)=O)c2-c2ccc(NC(=O)c3ccccc3C)cc2)cc1. The number of benzene rings is 4. The summed E-state index contributed by atoms with van der Waals surface area (Å²) in [6.45, 7) is 5.27. The zero-order valence-electron chi connectivity index (χ0n) is 22.8. The van der Waals surface area contributed by atoms with Gasteiger partial charge in [0.15, 0.2) is 0 Å². The fourth-order valence-electron chi connectivity index (χ4n) is 4.53. The highest BCUT2D eigenvalue weighted by molar-refractivity contribution is 6.05. The van der Waals surface area contributed by atoms with Gasteiger partial charge in [0.1, 0.15) is 11.4 Å². The summed E-state index contributed by atoms with van der Waals surface area (Å²) in [7, 11) is 1.62. The molecule has 0 spiro atoms. The zero-order chi connectivity index (χ0) is 28.2. The monoisotopic (exact) mass is 531 g/mol. The van der Waals surface area contributed by atoms with Crippen LogP contribution in [0.3, 0.4) is 0 Å². The number of amides is 1. The van der Waals surface area contributed by atoms with Crippen molar-refractivity contribution in [1.29, 1.82) is 0 Å². The van der Waals surface area contributed by atoms with E-state index in [9.17, 15) is 9.59 Å². The molecule has 0 aliphatic rings. The maximum Gasteiger partial charge on any atom is 0.309 e. The molecule has 0 unspecified atom stereocenters. The van der Waals surface area contributed by atoms with E-state index in [4.69, 9.17) is 14.6 Å². The van der Waals surface area contributed by atoms with Crippen molar-refractivity contribution in [2.75, 3.05) is 12.4 Å². The largest absolute Gasteiger partial charge is 0.497 e. The van der Waals surface area contributed by atoms with Crippen molar-refractivity contribution < 1.29 is 19.1 Å². The van der Waals surface area contributed by atoms with Crippen molar-refractivity contribution in [3.05, 3.63) is 114 Å². The molecule has 5 aromatic rings. The molecule has 0 bridgehead atoms. The van der Waals surface area contributed by atoms with Crippen LogP contribution < -0.4 is 14.8 Å². The van der Waals surface area contributed by atoms with Crippen molar-refractivity contribution >= 4 is 17.6 Å². The summed E-state index contributed by atoms with van der Waals surface area (Å²) in [5.41, 5.74) is 6.85. The smallest absolute Gasteiger partial charge is 0.309 e. The van der Waals surface area contributed by atoms with E-state index in [2.05, 4.69) is 5.32 Å². The van der Waals surface area contributed by atoms with Crippen molar-refractivity contribution in [2.45, 2.75) is 20.8 Å². The molecule has 0 saturated carbocycles. The minimum Gasteiger partial charge on any atom is -0.497 e. The molecule has 0 radical (unpaired) electrons. The van der Waals surface area contributed by atoms with Gasteiger partial charge in [-0.15, -0.1) is 0 Å². The Morgan fingerprint density at radius 2 is 1.52 bits per heavy atom. The molecule has 5 rings (SSSR count). The second-order valence-electron chi connectivity index (χ2n) is 9.45. The van der Waals surface area contributed by atoms with Crippen LogP contribution in [0.4, 0.5) is 5.69 Å². The molecule has 1 N–H and O–H groups in total. The third-order valence-corrected chi connectivity index (χ3v) is 6.51. The van der Waals surface area contributed by atoms with Crippen molar-refractivity contribution in [3.8, 4) is 39.7 Å². The molecule has 0 atom stereocenters. The molecule has 40 heavy (non-hydrogen) atoms. The van der Waals surface area contributed by atoms with Crippen LogP contribution in [0.5, 0.6) is 11.6 Å². The first-order valence-electron chi connectivity index (χ1n) is 12.8. The maximum atomic E-state index is 12.9. The molecular formula is C33H29N3O4. The van der Waals surface area contributed by atoms with Gasteiger partial charge in [-0.1, -0.05) is 42.5 Å². The van der Waals surface area contributed by atoms with Gasteiger partial charge >= 0.3 is 5.97 Å². The minimum atomic E-state index is -0.460. The standard InChI is InChI=1S/C33H29N3O4/c1-21-8-7-10-27(20-21)36-33(40-23(3)37)30(31(35-36)25-14-18-28(39-4)19-15-25)24-12-16-26(17-13-24)34-32(38)29-11-6-5-9-22(29)2/h5-20H,1-4H3,(H,34,38). The van der Waals surface area contributed by atoms with E-state index in [0.29, 0.717) is 28.4 Å². The summed E-state index contributed by atoms with van der Waals surface area (Å²) >= 11 is 0. The number of hydrogen-bond acceptors (Lipinski definition) is 5. The van der Waals surface area contributed by atoms with E-state index in [1.165, 1.54) is 6.92 Å². The molecule has 1 amide bonds. The number of aromatic nitrogens is 2. The average Bonchev–Trinajstić information content (AvgIpc) is 3.32. The lowest BCUT2D eigenvalue weighted by molar-refractivity contribution is -0.132. The van der Waals surface area contributed by atoms with E-state index < -0.39 is 5.97 Å². The minimum absolute atomic E-state index is 0.183. The van der Waals surface area contributed by atoms with Gasteiger partial charge in [0, 0.05) is 23.7 Å². The summed E-state index contributed by atoms with van der Waals surface area (Å²) in [5, 5.41) is 7.89. The molecular weight excluding hydrogens is 502 g/mol. The molecule has 4 aromatic carbocycles. The third kappa shape index (κ3) is 5.49. The van der Waals surface area contributed by atoms with Crippen molar-refractivity contribution in [1.82, 2.24) is 9.78 Å². The van der Waals surface area contributed by atoms with Crippen LogP contribution in [0.25, 0.3) is 28.1 Å². The van der Waals surface area contributed by atoms with Gasteiger partial charge in [0.05, 0.1) is 18.4 Å². The first-order valence-corrected chi connectivity index (χ1v) is 12.8. The average molecular weight is 532 g/mol. The van der Waals surface area contributed by atoms with E-state index in [0.717, 1.165) is 33.7 Å². The Balaban J connectivity index is 1.62. The lowest BCUT2D eigenvalue weighted by Gasteiger charge is -2.11. The molecule has 7 heteroatoms. The highest BCUT2D eigenvalue weighted by Crippen LogP contribution is 2.41. The Labute approximate surface area is 233 Å². The Hall–Kier alpha value is -5.17. The second-order valence-corrected chi connectivity index (χ2v) is 9.45. The van der Waals surface area contributed by atoms with E-state index in [-0.39, 0.29) is 5.91 Å². The Kier molecular flexibility index (Phi) is 7.46. The predicted octanol–water partition coefficient (Wildman–Crippen LogP) is 7.01. The molecule has 1 aromatic heterocycles. The van der Waals surface area contributed by atoms with Crippen LogP contribution in [-0.2, 0) is 4.79 Å². The normalized spacial score (nSPS) is 10.7. The number of nitrogens with zero attached hydrogens (tertiary/aromatic N) is 2. The summed E-state index contributed by atoms with van der Waals surface area (Å²) in [6.07, 6.45) is 0. The topological polar surface area (TPSA) is 82.4 Å². The molecule has 0 saturated heterocycles.